The Morgan fingerprint density at radius 1 is 0.850 bits per heavy atom. The van der Waals surface area contributed by atoms with E-state index in [0.717, 1.165) is 12.0 Å². The molecule has 4 heteroatoms. The van der Waals surface area contributed by atoms with Gasteiger partial charge in [0.05, 0.1) is 25.5 Å². The molecular formula is C16H19NO3. The van der Waals surface area contributed by atoms with Gasteiger partial charge in [0.2, 0.25) is 0 Å². The van der Waals surface area contributed by atoms with Gasteiger partial charge in [-0.15, -0.1) is 0 Å². The third-order valence-corrected chi connectivity index (χ3v) is 2.87. The number of ether oxygens (including phenoxy) is 2. The molecule has 2 aromatic carbocycles. The van der Waals surface area contributed by atoms with Crippen molar-refractivity contribution in [3.8, 4) is 11.5 Å². The third-order valence-electron chi connectivity index (χ3n) is 2.87. The predicted molar refractivity (Wildman–Crippen MR) is 78.8 cm³/mol. The van der Waals surface area contributed by atoms with Crippen molar-refractivity contribution in [3.63, 3.8) is 0 Å². The Balaban J connectivity index is 1.73. The van der Waals surface area contributed by atoms with Gasteiger partial charge in [-0.2, -0.15) is 0 Å². The Kier molecular flexibility index (Phi) is 5.26. The van der Waals surface area contributed by atoms with Gasteiger partial charge < -0.3 is 20.3 Å². The Morgan fingerprint density at radius 2 is 1.45 bits per heavy atom. The van der Waals surface area contributed by atoms with E-state index in [1.54, 1.807) is 0 Å². The highest BCUT2D eigenvalue weighted by molar-refractivity contribution is 5.51. The van der Waals surface area contributed by atoms with Crippen LogP contribution in [0.5, 0.6) is 11.5 Å². The highest BCUT2D eigenvalue weighted by atomic mass is 16.5. The Bertz CT molecular complexity index is 543. The lowest BCUT2D eigenvalue weighted by molar-refractivity contribution is 0.236. The molecule has 0 atom stereocenters. The number of benzene rings is 2. The maximum atomic E-state index is 9.18. The highest BCUT2D eigenvalue weighted by Crippen LogP contribution is 2.20. The van der Waals surface area contributed by atoms with Crippen molar-refractivity contribution >= 4 is 5.69 Å². The number of aliphatic hydroxyl groups is 1. The molecule has 106 valence electrons. The first kappa shape index (κ1) is 14.2. The molecule has 0 saturated carbocycles. The van der Waals surface area contributed by atoms with Crippen LogP contribution in [0.1, 0.15) is 12.0 Å². The summed E-state index contributed by atoms with van der Waals surface area (Å²) in [5.41, 5.74) is 7.21. The van der Waals surface area contributed by atoms with Gasteiger partial charge in [0.1, 0.15) is 11.5 Å². The number of anilines is 1. The largest absolute Gasteiger partial charge is 0.493 e. The van der Waals surface area contributed by atoms with Gasteiger partial charge in [-0.25, -0.2) is 0 Å². The van der Waals surface area contributed by atoms with E-state index in [0.29, 0.717) is 30.4 Å². The van der Waals surface area contributed by atoms with E-state index in [4.69, 9.17) is 15.2 Å². The maximum Gasteiger partial charge on any atom is 0.142 e. The predicted octanol–water partition coefficient (Wildman–Crippen LogP) is 2.61. The van der Waals surface area contributed by atoms with Gasteiger partial charge in [-0.3, -0.25) is 0 Å². The normalized spacial score (nSPS) is 10.2. The number of nitrogen functional groups attached to an aromatic ring is 1. The highest BCUT2D eigenvalue weighted by Gasteiger charge is 2.02. The number of aliphatic hydroxyl groups excluding tert-OH is 1. The summed E-state index contributed by atoms with van der Waals surface area (Å²) in [6, 6.07) is 14.9. The average Bonchev–Trinajstić information content (AvgIpc) is 2.49. The molecule has 0 amide bonds. The summed E-state index contributed by atoms with van der Waals surface area (Å²) in [6.45, 7) is 1.05. The van der Waals surface area contributed by atoms with Crippen LogP contribution in [0.15, 0.2) is 48.5 Å². The van der Waals surface area contributed by atoms with Crippen molar-refractivity contribution in [2.75, 3.05) is 18.9 Å². The van der Waals surface area contributed by atoms with Gasteiger partial charge in [0.25, 0.3) is 0 Å². The van der Waals surface area contributed by atoms with Gasteiger partial charge in [-0.05, 0) is 18.2 Å². The molecule has 0 fully saturated rings. The van der Waals surface area contributed by atoms with E-state index < -0.39 is 0 Å². The van der Waals surface area contributed by atoms with Crippen LogP contribution in [0.4, 0.5) is 5.69 Å². The fourth-order valence-corrected chi connectivity index (χ4v) is 1.81. The average molecular weight is 273 g/mol. The Morgan fingerprint density at radius 3 is 2.15 bits per heavy atom. The van der Waals surface area contributed by atoms with E-state index in [1.807, 2.05) is 48.5 Å². The van der Waals surface area contributed by atoms with E-state index in [-0.39, 0.29) is 6.61 Å². The standard InChI is InChI=1S/C16H19NO3/c17-14-7-2-4-9-16(14)20-11-5-10-19-15-8-3-1-6-13(15)12-18/h1-4,6-9,18H,5,10-12,17H2. The van der Waals surface area contributed by atoms with Crippen LogP contribution >= 0.6 is 0 Å². The first-order chi connectivity index (χ1) is 9.81. The van der Waals surface area contributed by atoms with Crippen LogP contribution in [-0.2, 0) is 6.61 Å². The summed E-state index contributed by atoms with van der Waals surface area (Å²) in [5, 5.41) is 9.18. The summed E-state index contributed by atoms with van der Waals surface area (Å²) in [7, 11) is 0. The van der Waals surface area contributed by atoms with Crippen molar-refractivity contribution in [2.24, 2.45) is 0 Å². The van der Waals surface area contributed by atoms with Crippen molar-refractivity contribution in [3.05, 3.63) is 54.1 Å². The van der Waals surface area contributed by atoms with Crippen LogP contribution in [0, 0.1) is 0 Å². The summed E-state index contributed by atoms with van der Waals surface area (Å²) in [6.07, 6.45) is 0.744. The molecule has 0 bridgehead atoms. The summed E-state index contributed by atoms with van der Waals surface area (Å²) >= 11 is 0. The fourth-order valence-electron chi connectivity index (χ4n) is 1.81. The van der Waals surface area contributed by atoms with E-state index >= 15 is 0 Å². The Labute approximate surface area is 118 Å². The molecule has 0 saturated heterocycles. The SMILES string of the molecule is Nc1ccccc1OCCCOc1ccccc1CO. The van der Waals surface area contributed by atoms with Crippen molar-refractivity contribution in [1.29, 1.82) is 0 Å². The lowest BCUT2D eigenvalue weighted by atomic mass is 10.2. The molecule has 0 radical (unpaired) electrons. The van der Waals surface area contributed by atoms with E-state index in [9.17, 15) is 5.11 Å². The summed E-state index contributed by atoms with van der Waals surface area (Å²) in [5.74, 6) is 1.41. The molecular weight excluding hydrogens is 254 g/mol. The molecule has 3 N–H and O–H groups in total. The zero-order chi connectivity index (χ0) is 14.2. The summed E-state index contributed by atoms with van der Waals surface area (Å²) < 4.78 is 11.2. The van der Waals surface area contributed by atoms with E-state index in [1.165, 1.54) is 0 Å². The lowest BCUT2D eigenvalue weighted by Gasteiger charge is -2.11. The number of nitrogens with two attached hydrogens (primary N) is 1. The number of hydrogen-bond donors (Lipinski definition) is 2. The van der Waals surface area contributed by atoms with Gasteiger partial charge >= 0.3 is 0 Å². The minimum absolute atomic E-state index is 0.0206. The van der Waals surface area contributed by atoms with Gasteiger partial charge in [0.15, 0.2) is 0 Å². The van der Waals surface area contributed by atoms with Crippen LogP contribution in [0.25, 0.3) is 0 Å². The van der Waals surface area contributed by atoms with E-state index in [2.05, 4.69) is 0 Å². The zero-order valence-corrected chi connectivity index (χ0v) is 11.3. The first-order valence-electron chi connectivity index (χ1n) is 6.60. The summed E-state index contributed by atoms with van der Waals surface area (Å²) in [4.78, 5) is 0. The monoisotopic (exact) mass is 273 g/mol. The minimum Gasteiger partial charge on any atom is -0.493 e. The topological polar surface area (TPSA) is 64.7 Å². The number of hydrogen-bond acceptors (Lipinski definition) is 4. The molecule has 0 aromatic heterocycles. The molecule has 0 aliphatic rings. The second-order valence-corrected chi connectivity index (χ2v) is 4.35. The second-order valence-electron chi connectivity index (χ2n) is 4.35. The third kappa shape index (κ3) is 3.90. The molecule has 0 unspecified atom stereocenters. The van der Waals surface area contributed by atoms with Crippen molar-refractivity contribution < 1.29 is 14.6 Å². The second kappa shape index (κ2) is 7.40. The molecule has 2 rings (SSSR count). The van der Waals surface area contributed by atoms with Crippen LogP contribution < -0.4 is 15.2 Å². The molecule has 2 aromatic rings. The minimum atomic E-state index is -0.0206. The quantitative estimate of drug-likeness (QED) is 0.601. The lowest BCUT2D eigenvalue weighted by Crippen LogP contribution is -2.07. The molecule has 0 spiro atoms. The molecule has 20 heavy (non-hydrogen) atoms. The maximum absolute atomic E-state index is 9.18. The molecule has 4 nitrogen and oxygen atoms in total. The van der Waals surface area contributed by atoms with Gasteiger partial charge in [0, 0.05) is 12.0 Å². The number of para-hydroxylation sites is 3. The number of rotatable bonds is 7. The van der Waals surface area contributed by atoms with Crippen LogP contribution in [0.3, 0.4) is 0 Å². The molecule has 0 aliphatic heterocycles. The van der Waals surface area contributed by atoms with Crippen LogP contribution in [-0.4, -0.2) is 18.3 Å². The first-order valence-corrected chi connectivity index (χ1v) is 6.60. The fraction of sp³-hybridized carbons (Fsp3) is 0.250. The molecule has 0 heterocycles. The van der Waals surface area contributed by atoms with Crippen molar-refractivity contribution in [1.82, 2.24) is 0 Å². The zero-order valence-electron chi connectivity index (χ0n) is 11.3. The van der Waals surface area contributed by atoms with Gasteiger partial charge in [-0.1, -0.05) is 30.3 Å². The van der Waals surface area contributed by atoms with Crippen molar-refractivity contribution in [2.45, 2.75) is 13.0 Å². The Hall–Kier alpha value is -2.20. The molecule has 0 aliphatic carbocycles. The van der Waals surface area contributed by atoms with Crippen LogP contribution in [0.2, 0.25) is 0 Å². The smallest absolute Gasteiger partial charge is 0.142 e.